The van der Waals surface area contributed by atoms with Crippen molar-refractivity contribution in [3.05, 3.63) is 18.2 Å². The van der Waals surface area contributed by atoms with Crippen molar-refractivity contribution in [1.82, 2.24) is 0 Å². The van der Waals surface area contributed by atoms with E-state index in [2.05, 4.69) is 0 Å². The minimum atomic E-state index is 0.0200. The highest BCUT2D eigenvalue weighted by molar-refractivity contribution is 5.74. The second-order valence-corrected chi connectivity index (χ2v) is 4.50. The van der Waals surface area contributed by atoms with Gasteiger partial charge >= 0.3 is 0 Å². The number of nitrogens with zero attached hydrogens (tertiary/aromatic N) is 1. The van der Waals surface area contributed by atoms with Gasteiger partial charge in [-0.2, -0.15) is 0 Å². The van der Waals surface area contributed by atoms with Crippen molar-refractivity contribution in [1.29, 1.82) is 0 Å². The third-order valence-corrected chi connectivity index (χ3v) is 2.71. The third-order valence-electron chi connectivity index (χ3n) is 2.71. The van der Waals surface area contributed by atoms with Crippen molar-refractivity contribution in [3.63, 3.8) is 0 Å². The van der Waals surface area contributed by atoms with Gasteiger partial charge in [0.2, 0.25) is 0 Å². The van der Waals surface area contributed by atoms with Crippen LogP contribution in [0.2, 0.25) is 0 Å². The number of ether oxygens (including phenoxy) is 1. The Morgan fingerprint density at radius 3 is 2.53 bits per heavy atom. The van der Waals surface area contributed by atoms with Crippen molar-refractivity contribution in [2.24, 2.45) is 0 Å². The van der Waals surface area contributed by atoms with Crippen LogP contribution in [0.25, 0.3) is 0 Å². The molecule has 0 bridgehead atoms. The molecule has 1 aromatic rings. The fourth-order valence-electron chi connectivity index (χ4n) is 1.56. The van der Waals surface area contributed by atoms with Gasteiger partial charge in [-0.05, 0) is 32.9 Å². The van der Waals surface area contributed by atoms with Crippen LogP contribution in [0.3, 0.4) is 0 Å². The molecule has 96 valence electrons. The van der Waals surface area contributed by atoms with Gasteiger partial charge in [0, 0.05) is 13.1 Å². The fraction of sp³-hybridized carbons (Fsp3) is 0.538. The zero-order valence-electron chi connectivity index (χ0n) is 11.0. The summed E-state index contributed by atoms with van der Waals surface area (Å²) in [5, 5.41) is 9.16. The number of aliphatic hydroxyl groups excluding tert-OH is 1. The summed E-state index contributed by atoms with van der Waals surface area (Å²) >= 11 is 0. The molecule has 0 spiro atoms. The first-order chi connectivity index (χ1) is 7.97. The molecule has 4 heteroatoms. The average Bonchev–Trinajstić information content (AvgIpc) is 2.29. The second-order valence-electron chi connectivity index (χ2n) is 4.50. The van der Waals surface area contributed by atoms with Gasteiger partial charge in [-0.25, -0.2) is 0 Å². The molecule has 1 atom stereocenters. The number of rotatable bonds is 5. The molecule has 3 N–H and O–H groups in total. The maximum Gasteiger partial charge on any atom is 0.144 e. The summed E-state index contributed by atoms with van der Waals surface area (Å²) in [4.78, 5) is 1.95. The Bertz CT molecular complexity index is 366. The number of benzene rings is 1. The number of hydrogen-bond acceptors (Lipinski definition) is 4. The number of likely N-dealkylation sites (N-methyl/N-ethyl adjacent to an activating group) is 1. The van der Waals surface area contributed by atoms with Crippen molar-refractivity contribution >= 4 is 11.4 Å². The standard InChI is InChI=1S/C13H22N2O2/c1-9(2)17-12-7-5-6-11(13(12)14)15(4)10(3)8-16/h5-7,9-10,16H,8,14H2,1-4H3. The highest BCUT2D eigenvalue weighted by Crippen LogP contribution is 2.32. The number of nitrogen functional groups attached to an aromatic ring is 1. The van der Waals surface area contributed by atoms with Crippen LogP contribution in [0.4, 0.5) is 11.4 Å². The summed E-state index contributed by atoms with van der Waals surface area (Å²) in [5.74, 6) is 0.689. The molecule has 0 saturated heterocycles. The van der Waals surface area contributed by atoms with Gasteiger partial charge < -0.3 is 20.5 Å². The van der Waals surface area contributed by atoms with Crippen LogP contribution >= 0.6 is 0 Å². The molecule has 1 rings (SSSR count). The number of anilines is 2. The van der Waals surface area contributed by atoms with E-state index in [0.29, 0.717) is 11.4 Å². The molecule has 1 unspecified atom stereocenters. The lowest BCUT2D eigenvalue weighted by molar-refractivity contribution is 0.243. The monoisotopic (exact) mass is 238 g/mol. The van der Waals surface area contributed by atoms with Crippen LogP contribution in [-0.4, -0.2) is 30.9 Å². The molecule has 0 aliphatic heterocycles. The van der Waals surface area contributed by atoms with Crippen LogP contribution in [0, 0.1) is 0 Å². The van der Waals surface area contributed by atoms with Crippen molar-refractivity contribution in [2.75, 3.05) is 24.3 Å². The quantitative estimate of drug-likeness (QED) is 0.769. The topological polar surface area (TPSA) is 58.7 Å². The summed E-state index contributed by atoms with van der Waals surface area (Å²) < 4.78 is 5.64. The van der Waals surface area contributed by atoms with Crippen LogP contribution in [0.5, 0.6) is 5.75 Å². The normalized spacial score (nSPS) is 12.6. The third kappa shape index (κ3) is 3.27. The van der Waals surface area contributed by atoms with Crippen molar-refractivity contribution in [2.45, 2.75) is 32.9 Å². The minimum Gasteiger partial charge on any atom is -0.489 e. The molecular weight excluding hydrogens is 216 g/mol. The number of aliphatic hydroxyl groups is 1. The first-order valence-electron chi connectivity index (χ1n) is 5.86. The molecule has 17 heavy (non-hydrogen) atoms. The Morgan fingerprint density at radius 1 is 1.35 bits per heavy atom. The second kappa shape index (κ2) is 5.77. The lowest BCUT2D eigenvalue weighted by atomic mass is 10.2. The first-order valence-corrected chi connectivity index (χ1v) is 5.86. The maximum absolute atomic E-state index is 9.16. The minimum absolute atomic E-state index is 0.0200. The molecule has 0 aromatic heterocycles. The summed E-state index contributed by atoms with van der Waals surface area (Å²) in [5.41, 5.74) is 7.57. The number of para-hydroxylation sites is 1. The molecule has 0 saturated carbocycles. The predicted octanol–water partition coefficient (Wildman–Crippen LogP) is 1.87. The van der Waals surface area contributed by atoms with E-state index in [9.17, 15) is 0 Å². The first kappa shape index (κ1) is 13.6. The van der Waals surface area contributed by atoms with E-state index in [1.807, 2.05) is 50.9 Å². The van der Waals surface area contributed by atoms with Crippen molar-refractivity contribution in [3.8, 4) is 5.75 Å². The summed E-state index contributed by atoms with van der Waals surface area (Å²) in [6.45, 7) is 5.96. The van der Waals surface area contributed by atoms with E-state index >= 15 is 0 Å². The smallest absolute Gasteiger partial charge is 0.144 e. The molecule has 0 fully saturated rings. The van der Waals surface area contributed by atoms with Crippen LogP contribution in [0.15, 0.2) is 18.2 Å². The van der Waals surface area contributed by atoms with Gasteiger partial charge in [-0.3, -0.25) is 0 Å². The molecular formula is C13H22N2O2. The zero-order chi connectivity index (χ0) is 13.0. The number of hydrogen-bond donors (Lipinski definition) is 2. The molecule has 4 nitrogen and oxygen atoms in total. The van der Waals surface area contributed by atoms with E-state index in [-0.39, 0.29) is 18.8 Å². The van der Waals surface area contributed by atoms with Gasteiger partial charge in [0.1, 0.15) is 5.75 Å². The van der Waals surface area contributed by atoms with E-state index in [1.165, 1.54) is 0 Å². The molecule has 0 aliphatic carbocycles. The van der Waals surface area contributed by atoms with E-state index in [0.717, 1.165) is 5.69 Å². The van der Waals surface area contributed by atoms with Gasteiger partial charge in [-0.15, -0.1) is 0 Å². The SMILES string of the molecule is CC(C)Oc1cccc(N(C)C(C)CO)c1N. The largest absolute Gasteiger partial charge is 0.489 e. The van der Waals surface area contributed by atoms with Gasteiger partial charge in [0.25, 0.3) is 0 Å². The zero-order valence-corrected chi connectivity index (χ0v) is 11.0. The van der Waals surface area contributed by atoms with E-state index in [1.54, 1.807) is 0 Å². The Kier molecular flexibility index (Phi) is 4.63. The van der Waals surface area contributed by atoms with E-state index in [4.69, 9.17) is 15.6 Å². The molecule has 0 radical (unpaired) electrons. The van der Waals surface area contributed by atoms with Gasteiger partial charge in [0.05, 0.1) is 24.1 Å². The lowest BCUT2D eigenvalue weighted by Crippen LogP contribution is -2.32. The molecule has 0 amide bonds. The Balaban J connectivity index is 3.01. The highest BCUT2D eigenvalue weighted by Gasteiger charge is 2.14. The molecule has 1 aromatic carbocycles. The predicted molar refractivity (Wildman–Crippen MR) is 71.6 cm³/mol. The molecule has 0 aliphatic rings. The lowest BCUT2D eigenvalue weighted by Gasteiger charge is -2.27. The average molecular weight is 238 g/mol. The Hall–Kier alpha value is -1.42. The Morgan fingerprint density at radius 2 is 2.00 bits per heavy atom. The van der Waals surface area contributed by atoms with Gasteiger partial charge in [0.15, 0.2) is 0 Å². The summed E-state index contributed by atoms with van der Waals surface area (Å²) in [6, 6.07) is 5.71. The van der Waals surface area contributed by atoms with Crippen LogP contribution in [0.1, 0.15) is 20.8 Å². The highest BCUT2D eigenvalue weighted by atomic mass is 16.5. The van der Waals surface area contributed by atoms with Gasteiger partial charge in [-0.1, -0.05) is 6.07 Å². The fourth-order valence-corrected chi connectivity index (χ4v) is 1.56. The van der Waals surface area contributed by atoms with Crippen molar-refractivity contribution < 1.29 is 9.84 Å². The van der Waals surface area contributed by atoms with Crippen LogP contribution < -0.4 is 15.4 Å². The Labute approximate surface area is 103 Å². The number of nitrogens with two attached hydrogens (primary N) is 1. The van der Waals surface area contributed by atoms with E-state index < -0.39 is 0 Å². The molecule has 0 heterocycles. The summed E-state index contributed by atoms with van der Waals surface area (Å²) in [6.07, 6.45) is 0.0909. The maximum atomic E-state index is 9.16. The summed E-state index contributed by atoms with van der Waals surface area (Å²) in [7, 11) is 1.91. The van der Waals surface area contributed by atoms with Crippen LogP contribution in [-0.2, 0) is 0 Å².